The van der Waals surface area contributed by atoms with E-state index in [0.29, 0.717) is 17.2 Å². The number of nitrogens with zero attached hydrogens (tertiary/aromatic N) is 1. The fraction of sp³-hybridized carbons (Fsp3) is 0.0556. The molecular weight excluding hydrogens is 306 g/mol. The zero-order chi connectivity index (χ0) is 16.1. The highest BCUT2D eigenvalue weighted by Gasteiger charge is 2.07. The van der Waals surface area contributed by atoms with Gasteiger partial charge in [0, 0.05) is 29.9 Å². The molecule has 1 aromatic heterocycles. The number of benzene rings is 2. The minimum absolute atomic E-state index is 0.220. The Morgan fingerprint density at radius 2 is 1.87 bits per heavy atom. The Bertz CT molecular complexity index is 844. The quantitative estimate of drug-likeness (QED) is 0.728. The molecule has 114 valence electrons. The lowest BCUT2D eigenvalue weighted by molar-refractivity contribution is 0.0976. The van der Waals surface area contributed by atoms with E-state index >= 15 is 0 Å². The highest BCUT2D eigenvalue weighted by Crippen LogP contribution is 2.16. The molecule has 0 radical (unpaired) electrons. The van der Waals surface area contributed by atoms with Crippen LogP contribution in [-0.2, 0) is 6.54 Å². The van der Waals surface area contributed by atoms with Gasteiger partial charge in [0.1, 0.15) is 0 Å². The Hall–Kier alpha value is -2.79. The van der Waals surface area contributed by atoms with Gasteiger partial charge in [-0.15, -0.1) is 0 Å². The Morgan fingerprint density at radius 1 is 1.04 bits per heavy atom. The first kappa shape index (κ1) is 15.1. The molecule has 3 aromatic rings. The molecule has 0 aliphatic heterocycles. The van der Waals surface area contributed by atoms with Gasteiger partial charge in [-0.1, -0.05) is 36.4 Å². The number of rotatable bonds is 3. The van der Waals surface area contributed by atoms with Gasteiger partial charge >= 0.3 is 0 Å². The van der Waals surface area contributed by atoms with Gasteiger partial charge in [0.25, 0.3) is 5.91 Å². The molecule has 0 unspecified atom stereocenters. The van der Waals surface area contributed by atoms with Crippen LogP contribution >= 0.6 is 12.2 Å². The summed E-state index contributed by atoms with van der Waals surface area (Å²) in [6.45, 7) is 0.525. The van der Waals surface area contributed by atoms with E-state index in [1.54, 1.807) is 18.3 Å². The zero-order valence-corrected chi connectivity index (χ0v) is 13.1. The predicted octanol–water partition coefficient (Wildman–Crippen LogP) is 3.04. The number of nitrogens with one attached hydrogen (secondary N) is 2. The van der Waals surface area contributed by atoms with Gasteiger partial charge in [-0.3, -0.25) is 15.1 Å². The summed E-state index contributed by atoms with van der Waals surface area (Å²) in [7, 11) is 0. The van der Waals surface area contributed by atoms with Crippen molar-refractivity contribution in [3.05, 3.63) is 78.1 Å². The van der Waals surface area contributed by atoms with Gasteiger partial charge in [-0.05, 0) is 41.4 Å². The van der Waals surface area contributed by atoms with Gasteiger partial charge < -0.3 is 5.32 Å². The number of hydrogen-bond donors (Lipinski definition) is 2. The SMILES string of the molecule is O=C(NC(=S)NCc1cccc2ccncc12)c1ccccc1. The number of hydrogen-bond acceptors (Lipinski definition) is 3. The van der Waals surface area contributed by atoms with Crippen LogP contribution in [0.5, 0.6) is 0 Å². The minimum Gasteiger partial charge on any atom is -0.358 e. The first-order chi connectivity index (χ1) is 11.2. The maximum absolute atomic E-state index is 12.0. The smallest absolute Gasteiger partial charge is 0.257 e. The second-order valence-electron chi connectivity index (χ2n) is 5.02. The number of carbonyl (C=O) groups is 1. The lowest BCUT2D eigenvalue weighted by atomic mass is 10.1. The third-order valence-corrected chi connectivity index (χ3v) is 3.72. The van der Waals surface area contributed by atoms with Crippen LogP contribution < -0.4 is 10.6 Å². The standard InChI is InChI=1S/C18H15N3OS/c22-17(14-5-2-1-3-6-14)21-18(23)20-11-15-8-4-7-13-9-10-19-12-16(13)15/h1-10,12H,11H2,(H2,20,21,22,23). The van der Waals surface area contributed by atoms with Crippen molar-refractivity contribution in [2.45, 2.75) is 6.54 Å². The van der Waals surface area contributed by atoms with E-state index in [2.05, 4.69) is 15.6 Å². The third-order valence-electron chi connectivity index (χ3n) is 3.48. The highest BCUT2D eigenvalue weighted by atomic mass is 32.1. The van der Waals surface area contributed by atoms with Crippen molar-refractivity contribution in [3.8, 4) is 0 Å². The molecule has 23 heavy (non-hydrogen) atoms. The number of fused-ring (bicyclic) bond motifs is 1. The van der Waals surface area contributed by atoms with Gasteiger partial charge in [0.15, 0.2) is 5.11 Å². The van der Waals surface area contributed by atoms with Crippen molar-refractivity contribution in [1.82, 2.24) is 15.6 Å². The van der Waals surface area contributed by atoms with E-state index in [1.807, 2.05) is 48.7 Å². The maximum Gasteiger partial charge on any atom is 0.257 e. The maximum atomic E-state index is 12.0. The number of aromatic nitrogens is 1. The summed E-state index contributed by atoms with van der Waals surface area (Å²) < 4.78 is 0. The average molecular weight is 321 g/mol. The molecule has 3 rings (SSSR count). The first-order valence-electron chi connectivity index (χ1n) is 7.20. The highest BCUT2D eigenvalue weighted by molar-refractivity contribution is 7.80. The van der Waals surface area contributed by atoms with Gasteiger partial charge in [0.2, 0.25) is 0 Å². The molecule has 0 saturated carbocycles. The molecule has 4 nitrogen and oxygen atoms in total. The van der Waals surface area contributed by atoms with Crippen LogP contribution in [0.4, 0.5) is 0 Å². The second kappa shape index (κ2) is 6.98. The summed E-state index contributed by atoms with van der Waals surface area (Å²) in [5.41, 5.74) is 1.65. The van der Waals surface area contributed by atoms with Crippen molar-refractivity contribution in [1.29, 1.82) is 0 Å². The number of carbonyl (C=O) groups excluding carboxylic acids is 1. The van der Waals surface area contributed by atoms with Crippen LogP contribution in [0.15, 0.2) is 67.0 Å². The molecule has 1 heterocycles. The van der Waals surface area contributed by atoms with Crippen molar-refractivity contribution >= 4 is 34.0 Å². The Labute approximate surface area is 139 Å². The van der Waals surface area contributed by atoms with Crippen molar-refractivity contribution in [2.75, 3.05) is 0 Å². The Balaban J connectivity index is 1.64. The fourth-order valence-electron chi connectivity index (χ4n) is 2.32. The van der Waals surface area contributed by atoms with E-state index in [4.69, 9.17) is 12.2 Å². The number of pyridine rings is 1. The molecule has 0 aliphatic carbocycles. The summed E-state index contributed by atoms with van der Waals surface area (Å²) in [6.07, 6.45) is 3.60. The molecule has 0 saturated heterocycles. The summed E-state index contributed by atoms with van der Waals surface area (Å²) in [4.78, 5) is 16.2. The van der Waals surface area contributed by atoms with Crippen LogP contribution in [0.2, 0.25) is 0 Å². The normalized spacial score (nSPS) is 10.3. The molecule has 0 bridgehead atoms. The summed E-state index contributed by atoms with van der Waals surface area (Å²) >= 11 is 5.19. The molecule has 0 spiro atoms. The molecule has 0 aliphatic rings. The minimum atomic E-state index is -0.220. The number of thiocarbonyl (C=S) groups is 1. The van der Waals surface area contributed by atoms with Gasteiger partial charge in [0.05, 0.1) is 0 Å². The van der Waals surface area contributed by atoms with Gasteiger partial charge in [-0.2, -0.15) is 0 Å². The van der Waals surface area contributed by atoms with Crippen LogP contribution in [-0.4, -0.2) is 16.0 Å². The summed E-state index contributed by atoms with van der Waals surface area (Å²) in [5.74, 6) is -0.220. The topological polar surface area (TPSA) is 54.0 Å². The molecule has 2 aromatic carbocycles. The Kier molecular flexibility index (Phi) is 4.59. The molecular formula is C18H15N3OS. The van der Waals surface area contributed by atoms with Crippen molar-refractivity contribution < 1.29 is 4.79 Å². The van der Waals surface area contributed by atoms with E-state index in [0.717, 1.165) is 16.3 Å². The van der Waals surface area contributed by atoms with E-state index < -0.39 is 0 Å². The predicted molar refractivity (Wildman–Crippen MR) is 95.1 cm³/mol. The van der Waals surface area contributed by atoms with Crippen molar-refractivity contribution in [2.24, 2.45) is 0 Å². The molecule has 5 heteroatoms. The molecule has 1 amide bonds. The third kappa shape index (κ3) is 3.70. The van der Waals surface area contributed by atoms with E-state index in [-0.39, 0.29) is 5.91 Å². The monoisotopic (exact) mass is 321 g/mol. The second-order valence-corrected chi connectivity index (χ2v) is 5.43. The van der Waals surface area contributed by atoms with E-state index in [9.17, 15) is 4.79 Å². The van der Waals surface area contributed by atoms with Crippen molar-refractivity contribution in [3.63, 3.8) is 0 Å². The zero-order valence-electron chi connectivity index (χ0n) is 12.3. The summed E-state index contributed by atoms with van der Waals surface area (Å²) in [6, 6.07) is 17.0. The Morgan fingerprint density at radius 3 is 2.70 bits per heavy atom. The lowest BCUT2D eigenvalue weighted by Crippen LogP contribution is -2.38. The van der Waals surface area contributed by atoms with Crippen LogP contribution in [0.3, 0.4) is 0 Å². The number of amides is 1. The molecule has 2 N–H and O–H groups in total. The van der Waals surface area contributed by atoms with Crippen LogP contribution in [0.25, 0.3) is 10.8 Å². The first-order valence-corrected chi connectivity index (χ1v) is 7.61. The summed E-state index contributed by atoms with van der Waals surface area (Å²) in [5, 5.41) is 8.24. The largest absolute Gasteiger partial charge is 0.358 e. The van der Waals surface area contributed by atoms with Crippen LogP contribution in [0.1, 0.15) is 15.9 Å². The average Bonchev–Trinajstić information content (AvgIpc) is 2.60. The van der Waals surface area contributed by atoms with Crippen LogP contribution in [0, 0.1) is 0 Å². The molecule has 0 atom stereocenters. The van der Waals surface area contributed by atoms with Gasteiger partial charge in [-0.25, -0.2) is 0 Å². The lowest BCUT2D eigenvalue weighted by Gasteiger charge is -2.11. The fourth-order valence-corrected chi connectivity index (χ4v) is 2.48. The van der Waals surface area contributed by atoms with E-state index in [1.165, 1.54) is 0 Å². The molecule has 0 fully saturated rings.